The van der Waals surface area contributed by atoms with E-state index in [0.717, 1.165) is 0 Å². The topological polar surface area (TPSA) is 46.5 Å². The number of hydrogen-bond donors (Lipinski definition) is 1. The molecule has 0 aliphatic heterocycles. The van der Waals surface area contributed by atoms with Gasteiger partial charge in [0.2, 0.25) is 0 Å². The summed E-state index contributed by atoms with van der Waals surface area (Å²) >= 11 is 0. The van der Waals surface area contributed by atoms with Crippen LogP contribution in [0.15, 0.2) is 0 Å². The Kier molecular flexibility index (Phi) is 2.77. The van der Waals surface area contributed by atoms with Gasteiger partial charge >= 0.3 is 5.97 Å². The maximum absolute atomic E-state index is 11.5. The summed E-state index contributed by atoms with van der Waals surface area (Å²) in [6.45, 7) is 7.40. The average molecular weight is 201 g/mol. The molecular weight excluding hydrogens is 180 g/mol. The molecule has 0 aromatic rings. The molecule has 0 spiro atoms. The maximum atomic E-state index is 11.5. The van der Waals surface area contributed by atoms with Gasteiger partial charge in [-0.05, 0) is 24.7 Å². The van der Waals surface area contributed by atoms with Gasteiger partial charge in [0.1, 0.15) is 0 Å². The van der Waals surface area contributed by atoms with Gasteiger partial charge in [0, 0.05) is 1.37 Å². The first-order valence-corrected chi connectivity index (χ1v) is 5.08. The fraction of sp³-hybridized carbons (Fsp3) is 0.909. The van der Waals surface area contributed by atoms with Crippen LogP contribution in [0.4, 0.5) is 0 Å². The minimum Gasteiger partial charge on any atom is -0.466 e. The zero-order valence-corrected chi connectivity index (χ0v) is 9.33. The molecule has 1 aliphatic carbocycles. The highest BCUT2D eigenvalue weighted by Gasteiger charge is 2.50. The van der Waals surface area contributed by atoms with Crippen LogP contribution in [0, 0.1) is 17.2 Å². The van der Waals surface area contributed by atoms with Gasteiger partial charge in [0.05, 0.1) is 18.6 Å². The van der Waals surface area contributed by atoms with E-state index in [2.05, 4.69) is 0 Å². The summed E-state index contributed by atoms with van der Waals surface area (Å²) in [6, 6.07) is 0. The molecule has 0 bridgehead atoms. The van der Waals surface area contributed by atoms with Crippen LogP contribution >= 0.6 is 0 Å². The third-order valence-corrected chi connectivity index (χ3v) is 3.08. The number of aliphatic hydroxyl groups is 1. The molecule has 3 atom stereocenters. The van der Waals surface area contributed by atoms with Crippen molar-refractivity contribution in [2.75, 3.05) is 6.61 Å². The minimum atomic E-state index is -1.33. The van der Waals surface area contributed by atoms with Crippen molar-refractivity contribution in [1.82, 2.24) is 0 Å². The van der Waals surface area contributed by atoms with Crippen molar-refractivity contribution >= 4 is 5.97 Å². The number of carbonyl (C=O) groups excluding carboxylic acids is 1. The van der Waals surface area contributed by atoms with Crippen molar-refractivity contribution < 1.29 is 16.0 Å². The smallest absolute Gasteiger partial charge is 0.309 e. The number of carbonyl (C=O) groups is 1. The zero-order valence-electron chi connectivity index (χ0n) is 10.3. The van der Waals surface area contributed by atoms with Crippen LogP contribution in [-0.2, 0) is 9.53 Å². The second kappa shape index (κ2) is 3.89. The number of ether oxygens (including phenoxy) is 1. The minimum absolute atomic E-state index is 0.181. The highest BCUT2D eigenvalue weighted by atomic mass is 16.5. The second-order valence-electron chi connectivity index (χ2n) is 4.65. The van der Waals surface area contributed by atoms with Crippen LogP contribution in [0.3, 0.4) is 0 Å². The molecule has 0 heterocycles. The Labute approximate surface area is 86.9 Å². The zero-order chi connectivity index (χ0) is 11.9. The molecule has 1 fully saturated rings. The molecule has 3 heteroatoms. The highest BCUT2D eigenvalue weighted by molar-refractivity contribution is 5.72. The lowest BCUT2D eigenvalue weighted by Crippen LogP contribution is -2.52. The van der Waals surface area contributed by atoms with E-state index in [-0.39, 0.29) is 17.9 Å². The second-order valence-corrected chi connectivity index (χ2v) is 4.65. The molecule has 0 unspecified atom stereocenters. The fourth-order valence-corrected chi connectivity index (χ4v) is 1.97. The Morgan fingerprint density at radius 2 is 2.36 bits per heavy atom. The van der Waals surface area contributed by atoms with Crippen LogP contribution in [-0.4, -0.2) is 23.8 Å². The van der Waals surface area contributed by atoms with E-state index in [1.165, 1.54) is 6.92 Å². The summed E-state index contributed by atoms with van der Waals surface area (Å²) in [7, 11) is 0. The Morgan fingerprint density at radius 3 is 2.71 bits per heavy atom. The first-order valence-electron chi connectivity index (χ1n) is 5.58. The predicted octanol–water partition coefficient (Wildman–Crippen LogP) is 1.59. The molecule has 0 aromatic heterocycles. The normalized spacial score (nSPS) is 35.1. The summed E-state index contributed by atoms with van der Waals surface area (Å²) < 4.78 is 12.8. The van der Waals surface area contributed by atoms with Gasteiger partial charge in [-0.2, -0.15) is 0 Å². The number of esters is 1. The first-order chi connectivity index (χ1) is 6.73. The van der Waals surface area contributed by atoms with Crippen LogP contribution in [0.25, 0.3) is 0 Å². The largest absolute Gasteiger partial charge is 0.466 e. The maximum Gasteiger partial charge on any atom is 0.309 e. The molecule has 0 aromatic carbocycles. The standard InChI is InChI=1S/C11H20O3/c1-5-14-10(13)7(2)8-6-11(3,4)9(8)12/h7-9,12H,5-6H2,1-4H3/t7-,8+,9+/m0/s1/i7D. The van der Waals surface area contributed by atoms with E-state index in [4.69, 9.17) is 6.11 Å². The quantitative estimate of drug-likeness (QED) is 0.705. The molecule has 0 radical (unpaired) electrons. The number of rotatable bonds is 3. The van der Waals surface area contributed by atoms with Gasteiger partial charge in [-0.1, -0.05) is 20.8 Å². The van der Waals surface area contributed by atoms with Crippen molar-refractivity contribution in [3.8, 4) is 0 Å². The summed E-state index contributed by atoms with van der Waals surface area (Å²) in [4.78, 5) is 11.5. The molecule has 0 amide bonds. The van der Waals surface area contributed by atoms with E-state index in [0.29, 0.717) is 6.42 Å². The molecule has 0 saturated heterocycles. The number of hydrogen-bond acceptors (Lipinski definition) is 3. The lowest BCUT2D eigenvalue weighted by atomic mass is 9.58. The summed E-state index contributed by atoms with van der Waals surface area (Å²) in [5, 5.41) is 9.86. The molecule has 1 saturated carbocycles. The summed E-state index contributed by atoms with van der Waals surface area (Å²) in [5.41, 5.74) is -0.181. The molecule has 3 nitrogen and oxygen atoms in total. The third kappa shape index (κ3) is 1.92. The van der Waals surface area contributed by atoms with Gasteiger partial charge in [-0.15, -0.1) is 0 Å². The van der Waals surface area contributed by atoms with E-state index in [1.54, 1.807) is 6.92 Å². The van der Waals surface area contributed by atoms with Gasteiger partial charge in [-0.25, -0.2) is 0 Å². The van der Waals surface area contributed by atoms with E-state index in [1.807, 2.05) is 13.8 Å². The Bertz CT molecular complexity index is 261. The van der Waals surface area contributed by atoms with Crippen molar-refractivity contribution in [1.29, 1.82) is 0 Å². The first kappa shape index (κ1) is 9.97. The lowest BCUT2D eigenvalue weighted by Gasteiger charge is -2.50. The molecule has 82 valence electrons. The van der Waals surface area contributed by atoms with Gasteiger partial charge in [-0.3, -0.25) is 4.79 Å². The van der Waals surface area contributed by atoms with E-state index >= 15 is 0 Å². The monoisotopic (exact) mass is 201 g/mol. The number of aliphatic hydroxyl groups excluding tert-OH is 1. The summed E-state index contributed by atoms with van der Waals surface area (Å²) in [5.74, 6) is -2.18. The van der Waals surface area contributed by atoms with E-state index in [9.17, 15) is 9.90 Å². The van der Waals surface area contributed by atoms with Gasteiger partial charge in [0.25, 0.3) is 0 Å². The highest BCUT2D eigenvalue weighted by Crippen LogP contribution is 2.48. The van der Waals surface area contributed by atoms with Crippen molar-refractivity contribution in [2.45, 2.75) is 40.2 Å². The van der Waals surface area contributed by atoms with Gasteiger partial charge < -0.3 is 9.84 Å². The predicted molar refractivity (Wildman–Crippen MR) is 53.7 cm³/mol. The third-order valence-electron chi connectivity index (χ3n) is 3.08. The van der Waals surface area contributed by atoms with Crippen LogP contribution in [0.5, 0.6) is 0 Å². The molecule has 1 aliphatic rings. The van der Waals surface area contributed by atoms with E-state index < -0.39 is 18.0 Å². The Balaban J connectivity index is 2.68. The Hall–Kier alpha value is -0.570. The summed E-state index contributed by atoms with van der Waals surface area (Å²) in [6.07, 6.45) is 0.0943. The van der Waals surface area contributed by atoms with Crippen molar-refractivity contribution in [2.24, 2.45) is 17.2 Å². The lowest BCUT2D eigenvalue weighted by molar-refractivity contribution is -0.165. The molecule has 14 heavy (non-hydrogen) atoms. The fourth-order valence-electron chi connectivity index (χ4n) is 1.97. The molecular formula is C11H20O3. The molecule has 1 N–H and O–H groups in total. The Morgan fingerprint density at radius 1 is 1.79 bits per heavy atom. The van der Waals surface area contributed by atoms with Gasteiger partial charge in [0.15, 0.2) is 0 Å². The van der Waals surface area contributed by atoms with Crippen molar-refractivity contribution in [3.63, 3.8) is 0 Å². The SMILES string of the molecule is [2H][C@@](C)(C(=O)OCC)[C@H]1CC(C)(C)[C@@H]1O. The molecule has 1 rings (SSSR count). The van der Waals surface area contributed by atoms with Crippen LogP contribution < -0.4 is 0 Å². The van der Waals surface area contributed by atoms with Crippen LogP contribution in [0.2, 0.25) is 0 Å². The average Bonchev–Trinajstić information content (AvgIpc) is 2.14. The van der Waals surface area contributed by atoms with Crippen LogP contribution in [0.1, 0.15) is 35.5 Å². The van der Waals surface area contributed by atoms with Crippen molar-refractivity contribution in [3.05, 3.63) is 0 Å².